The number of rotatable bonds is 10. The molecule has 2 N–H and O–H groups in total. The average Bonchev–Trinajstić information content (AvgIpc) is 4.09. The van der Waals surface area contributed by atoms with E-state index >= 15 is 4.39 Å². The molecule has 0 saturated heterocycles. The van der Waals surface area contributed by atoms with Gasteiger partial charge in [0.2, 0.25) is 11.8 Å². The number of thiophene rings is 2. The smallest absolute Gasteiger partial charge is 0.225 e. The van der Waals surface area contributed by atoms with Crippen LogP contribution in [0.1, 0.15) is 83.7 Å². The first-order chi connectivity index (χ1) is 31.2. The number of hydrogen-bond donors (Lipinski definition) is 2. The van der Waals surface area contributed by atoms with E-state index in [4.69, 9.17) is 9.47 Å². The second kappa shape index (κ2) is 18.1. The van der Waals surface area contributed by atoms with Crippen LogP contribution >= 0.6 is 22.7 Å². The molecule has 2 amide bonds. The fourth-order valence-electron chi connectivity index (χ4n) is 9.06. The number of benzene rings is 2. The Morgan fingerprint density at radius 1 is 0.708 bits per heavy atom. The zero-order valence-corrected chi connectivity index (χ0v) is 39.5. The van der Waals surface area contributed by atoms with Gasteiger partial charge in [-0.2, -0.15) is 0 Å². The third-order valence-corrected chi connectivity index (χ3v) is 14.4. The van der Waals surface area contributed by atoms with Crippen LogP contribution in [0.15, 0.2) is 40.8 Å². The number of halogens is 1. The van der Waals surface area contributed by atoms with E-state index in [9.17, 15) is 9.59 Å². The Balaban J connectivity index is 0.000000164. The summed E-state index contributed by atoms with van der Waals surface area (Å²) in [5.41, 5.74) is 7.12. The van der Waals surface area contributed by atoms with Crippen molar-refractivity contribution in [1.82, 2.24) is 29.7 Å². The van der Waals surface area contributed by atoms with Crippen LogP contribution in [0.3, 0.4) is 0 Å². The monoisotopic (exact) mass is 916 g/mol. The lowest BCUT2D eigenvalue weighted by Gasteiger charge is -2.24. The number of aliphatic imine (C=N–C) groups is 2. The van der Waals surface area contributed by atoms with Crippen molar-refractivity contribution >= 4 is 90.4 Å². The van der Waals surface area contributed by atoms with Gasteiger partial charge in [-0.05, 0) is 112 Å². The molecule has 10 rings (SSSR count). The molecule has 6 aromatic rings. The summed E-state index contributed by atoms with van der Waals surface area (Å²) >= 11 is 3.27. The van der Waals surface area contributed by atoms with Gasteiger partial charge in [-0.25, -0.2) is 24.3 Å². The lowest BCUT2D eigenvalue weighted by atomic mass is 9.87. The number of carbonyl (C=O) groups is 2. The average molecular weight is 917 g/mol. The SMILES string of the molecule is CC(C)Oc1cc2c(c(F)c1Nc1ncnc3sc4c(c13)CC[C@H](C(=O)N(C)C)C4)C=NC2.CC(C)Oc1cc2c(cc1Nc1ncnc3sc4c(c13)CC[C@H](C(=O)N(C)C)C4)C=NC2. The summed E-state index contributed by atoms with van der Waals surface area (Å²) in [6, 6.07) is 6.01. The number of anilines is 4. The number of fused-ring (bicyclic) bond motifs is 8. The molecule has 0 unspecified atom stereocenters. The van der Waals surface area contributed by atoms with Crippen LogP contribution in [0.25, 0.3) is 20.4 Å². The summed E-state index contributed by atoms with van der Waals surface area (Å²) in [4.78, 5) is 59.3. The molecule has 6 heterocycles. The van der Waals surface area contributed by atoms with Gasteiger partial charge in [0, 0.05) is 67.8 Å². The van der Waals surface area contributed by atoms with E-state index in [0.29, 0.717) is 36.6 Å². The fraction of sp³-hybridized carbons (Fsp3) is 0.417. The second-order valence-electron chi connectivity index (χ2n) is 17.9. The largest absolute Gasteiger partial charge is 0.489 e. The molecule has 65 heavy (non-hydrogen) atoms. The van der Waals surface area contributed by atoms with Gasteiger partial charge in [0.25, 0.3) is 0 Å². The minimum atomic E-state index is -0.392. The van der Waals surface area contributed by atoms with Crippen molar-refractivity contribution in [1.29, 1.82) is 0 Å². The standard InChI is InChI=1S/C24H26FN5O2S.C24H27N5O2S/c1-12(2)32-17-7-14-9-26-10-16(14)20(25)21(17)29-22-19-15-6-5-13(24(31)30(3)4)8-18(15)33-23(19)28-11-27-22;1-13(2)31-19-8-16-11-25-10-15(16)7-18(19)28-22-21-17-6-5-14(24(30)29(3)4)9-20(17)32-23(21)27-12-26-22/h7,10-13H,5-6,8-9H2,1-4H3,(H,27,28,29);7-8,10,12-14H,5-6,9,11H2,1-4H3,(H,26,27,28)/t13-;14-/m00/s1. The van der Waals surface area contributed by atoms with Gasteiger partial charge in [0.15, 0.2) is 5.82 Å². The summed E-state index contributed by atoms with van der Waals surface area (Å²) in [7, 11) is 7.24. The van der Waals surface area contributed by atoms with Gasteiger partial charge >= 0.3 is 0 Å². The number of nitrogens with one attached hydrogen (secondary N) is 2. The van der Waals surface area contributed by atoms with Crippen LogP contribution in [-0.2, 0) is 48.4 Å². The van der Waals surface area contributed by atoms with Crippen molar-refractivity contribution in [2.45, 2.75) is 91.5 Å². The number of carbonyl (C=O) groups excluding carboxylic acids is 2. The highest BCUT2D eigenvalue weighted by Gasteiger charge is 2.32. The summed E-state index contributed by atoms with van der Waals surface area (Å²) in [6.07, 6.45) is 11.2. The van der Waals surface area contributed by atoms with E-state index in [0.717, 1.165) is 91.4 Å². The highest BCUT2D eigenvalue weighted by molar-refractivity contribution is 7.19. The van der Waals surface area contributed by atoms with Gasteiger partial charge in [-0.15, -0.1) is 22.7 Å². The topological polar surface area (TPSA) is 159 Å². The Morgan fingerprint density at radius 3 is 1.80 bits per heavy atom. The Bertz CT molecular complexity index is 2900. The second-order valence-corrected chi connectivity index (χ2v) is 20.0. The fourth-order valence-corrected chi connectivity index (χ4v) is 11.6. The van der Waals surface area contributed by atoms with Gasteiger partial charge < -0.3 is 29.9 Å². The van der Waals surface area contributed by atoms with Gasteiger partial charge in [-0.3, -0.25) is 19.6 Å². The zero-order valence-electron chi connectivity index (χ0n) is 37.9. The van der Waals surface area contributed by atoms with E-state index < -0.39 is 5.82 Å². The Kier molecular flexibility index (Phi) is 12.3. The van der Waals surface area contributed by atoms with Gasteiger partial charge in [0.1, 0.15) is 51.1 Å². The molecule has 0 fully saturated rings. The normalized spacial score (nSPS) is 16.8. The van der Waals surface area contributed by atoms with Crippen molar-refractivity contribution < 1.29 is 23.5 Å². The third kappa shape index (κ3) is 8.75. The number of nitrogens with zero attached hydrogens (tertiary/aromatic N) is 8. The van der Waals surface area contributed by atoms with Crippen molar-refractivity contribution in [2.75, 3.05) is 38.8 Å². The van der Waals surface area contributed by atoms with Crippen molar-refractivity contribution in [3.05, 3.63) is 79.8 Å². The number of hydrogen-bond acceptors (Lipinski definition) is 14. The third-order valence-electron chi connectivity index (χ3n) is 12.1. The number of aromatic nitrogens is 4. The molecule has 2 atom stereocenters. The molecule has 17 heteroatoms. The van der Waals surface area contributed by atoms with E-state index in [1.165, 1.54) is 22.3 Å². The van der Waals surface area contributed by atoms with Crippen molar-refractivity contribution in [3.63, 3.8) is 0 Å². The maximum atomic E-state index is 15.5. The van der Waals surface area contributed by atoms with Crippen LogP contribution < -0.4 is 20.1 Å². The molecule has 14 nitrogen and oxygen atoms in total. The Labute approximate surface area is 385 Å². The lowest BCUT2D eigenvalue weighted by molar-refractivity contribution is -0.134. The molecule has 0 bridgehead atoms. The van der Waals surface area contributed by atoms with Crippen molar-refractivity contribution in [3.8, 4) is 11.5 Å². The minimum Gasteiger partial charge on any atom is -0.489 e. The maximum absolute atomic E-state index is 15.5. The molecule has 4 aliphatic rings. The molecule has 0 radical (unpaired) electrons. The quantitative estimate of drug-likeness (QED) is 0.136. The molecule has 2 aliphatic heterocycles. The van der Waals surface area contributed by atoms with E-state index in [-0.39, 0.29) is 41.5 Å². The van der Waals surface area contributed by atoms with Crippen LogP contribution in [0.5, 0.6) is 11.5 Å². The highest BCUT2D eigenvalue weighted by atomic mass is 32.1. The summed E-state index contributed by atoms with van der Waals surface area (Å²) in [6.45, 7) is 9.01. The maximum Gasteiger partial charge on any atom is 0.225 e. The predicted molar refractivity (Wildman–Crippen MR) is 257 cm³/mol. The van der Waals surface area contributed by atoms with Crippen LogP contribution in [0.4, 0.5) is 27.4 Å². The summed E-state index contributed by atoms with van der Waals surface area (Å²) in [5, 5.41) is 8.72. The first-order valence-electron chi connectivity index (χ1n) is 22.1. The molecule has 0 spiro atoms. The van der Waals surface area contributed by atoms with Crippen molar-refractivity contribution in [2.24, 2.45) is 21.8 Å². The Morgan fingerprint density at radius 2 is 1.23 bits per heavy atom. The lowest BCUT2D eigenvalue weighted by Crippen LogP contribution is -2.32. The number of aryl methyl sites for hydroxylation is 2. The summed E-state index contributed by atoms with van der Waals surface area (Å²) < 4.78 is 27.6. The van der Waals surface area contributed by atoms with E-state index in [1.807, 2.05) is 54.1 Å². The number of ether oxygens (including phenoxy) is 2. The summed E-state index contributed by atoms with van der Waals surface area (Å²) in [5.74, 6) is 2.56. The highest BCUT2D eigenvalue weighted by Crippen LogP contribution is 2.44. The minimum absolute atomic E-state index is 0.0237. The molecular weight excluding hydrogens is 864 g/mol. The molecule has 4 aromatic heterocycles. The molecular formula is C48H53FN10O4S2. The first kappa shape index (κ1) is 44.1. The van der Waals surface area contributed by atoms with Gasteiger partial charge in [0.05, 0.1) is 41.8 Å². The predicted octanol–water partition coefficient (Wildman–Crippen LogP) is 8.83. The van der Waals surface area contributed by atoms with Crippen LogP contribution in [-0.4, -0.2) is 94.4 Å². The molecule has 0 saturated carbocycles. The van der Waals surface area contributed by atoms with Crippen LogP contribution in [0.2, 0.25) is 0 Å². The van der Waals surface area contributed by atoms with E-state index in [2.05, 4.69) is 52.7 Å². The molecule has 2 aromatic carbocycles. The molecule has 2 aliphatic carbocycles. The van der Waals surface area contributed by atoms with E-state index in [1.54, 1.807) is 59.1 Å². The van der Waals surface area contributed by atoms with Crippen LogP contribution in [0, 0.1) is 17.7 Å². The first-order valence-corrected chi connectivity index (χ1v) is 23.7. The Hall–Kier alpha value is -6.07. The number of amides is 2. The molecule has 338 valence electrons. The zero-order chi connectivity index (χ0) is 45.7. The van der Waals surface area contributed by atoms with Gasteiger partial charge in [-0.1, -0.05) is 0 Å².